The molecular weight excluding hydrogens is 258 g/mol. The van der Waals surface area contributed by atoms with Crippen LogP contribution < -0.4 is 0 Å². The van der Waals surface area contributed by atoms with E-state index in [4.69, 9.17) is 0 Å². The SMILES string of the molecule is CCCCCCCCCCCCCCC1(C)CC=CN1[O-]. The molecule has 0 saturated carbocycles. The van der Waals surface area contributed by atoms with Crippen LogP contribution in [0.4, 0.5) is 0 Å². The van der Waals surface area contributed by atoms with E-state index in [1.807, 2.05) is 6.08 Å². The van der Waals surface area contributed by atoms with Gasteiger partial charge in [0.05, 0.1) is 0 Å². The van der Waals surface area contributed by atoms with E-state index in [2.05, 4.69) is 13.8 Å². The molecule has 1 rings (SSSR count). The highest BCUT2D eigenvalue weighted by molar-refractivity contribution is 5.06. The van der Waals surface area contributed by atoms with Gasteiger partial charge in [-0.1, -0.05) is 90.0 Å². The molecule has 1 atom stereocenters. The summed E-state index contributed by atoms with van der Waals surface area (Å²) in [7, 11) is 0. The smallest absolute Gasteiger partial charge is 0.0291 e. The third-order valence-electron chi connectivity index (χ3n) is 4.90. The molecule has 1 aliphatic heterocycles. The maximum absolute atomic E-state index is 11.7. The third kappa shape index (κ3) is 7.90. The molecule has 0 aromatic rings. The van der Waals surface area contributed by atoms with Gasteiger partial charge in [-0.3, -0.25) is 0 Å². The number of nitrogens with zero attached hydrogens (tertiary/aromatic N) is 1. The van der Waals surface area contributed by atoms with E-state index >= 15 is 0 Å². The Hall–Kier alpha value is -0.500. The minimum atomic E-state index is -0.140. The monoisotopic (exact) mass is 294 g/mol. The topological polar surface area (TPSA) is 26.3 Å². The van der Waals surface area contributed by atoms with Crippen molar-refractivity contribution >= 4 is 0 Å². The summed E-state index contributed by atoms with van der Waals surface area (Å²) in [5.74, 6) is 0. The minimum Gasteiger partial charge on any atom is -0.758 e. The minimum absolute atomic E-state index is 0.140. The van der Waals surface area contributed by atoms with Crippen molar-refractivity contribution in [3.63, 3.8) is 0 Å². The maximum atomic E-state index is 11.7. The summed E-state index contributed by atoms with van der Waals surface area (Å²) in [6, 6.07) is 0. The molecule has 1 unspecified atom stereocenters. The van der Waals surface area contributed by atoms with Crippen molar-refractivity contribution in [2.45, 2.75) is 109 Å². The standard InChI is InChI=1S/C19H36NO/c1-3-4-5-6-7-8-9-10-11-12-13-14-16-19(2)17-15-18-20(19)21/h15,18H,3-14,16-17H2,1-2H3/q-1. The van der Waals surface area contributed by atoms with E-state index in [1.165, 1.54) is 77.0 Å². The van der Waals surface area contributed by atoms with E-state index < -0.39 is 0 Å². The van der Waals surface area contributed by atoms with Gasteiger partial charge in [0.1, 0.15) is 0 Å². The number of hydrogen-bond donors (Lipinski definition) is 0. The summed E-state index contributed by atoms with van der Waals surface area (Å²) in [4.78, 5) is 0. The lowest BCUT2D eigenvalue weighted by molar-refractivity contribution is 0.229. The average Bonchev–Trinajstić information content (AvgIpc) is 2.80. The molecule has 0 aromatic carbocycles. The van der Waals surface area contributed by atoms with Gasteiger partial charge < -0.3 is 10.3 Å². The zero-order valence-corrected chi connectivity index (χ0v) is 14.4. The molecule has 21 heavy (non-hydrogen) atoms. The van der Waals surface area contributed by atoms with Gasteiger partial charge in [-0.05, 0) is 26.0 Å². The number of hydrogen-bond acceptors (Lipinski definition) is 2. The van der Waals surface area contributed by atoms with Crippen molar-refractivity contribution in [1.82, 2.24) is 5.06 Å². The molecule has 1 heterocycles. The first-order valence-electron chi connectivity index (χ1n) is 9.32. The van der Waals surface area contributed by atoms with Crippen LogP contribution in [0.3, 0.4) is 0 Å². The highest BCUT2D eigenvalue weighted by Crippen LogP contribution is 2.31. The Bertz CT molecular complexity index is 277. The zero-order chi connectivity index (χ0) is 15.4. The number of hydroxylamine groups is 2. The second-order valence-corrected chi connectivity index (χ2v) is 7.05. The van der Waals surface area contributed by atoms with Gasteiger partial charge in [0.25, 0.3) is 0 Å². The second kappa shape index (κ2) is 11.1. The summed E-state index contributed by atoms with van der Waals surface area (Å²) >= 11 is 0. The Labute approximate surface area is 132 Å². The molecule has 0 N–H and O–H groups in total. The highest BCUT2D eigenvalue weighted by atomic mass is 16.5. The molecule has 2 heteroatoms. The van der Waals surface area contributed by atoms with Crippen LogP contribution in [0.15, 0.2) is 12.3 Å². The highest BCUT2D eigenvalue weighted by Gasteiger charge is 2.25. The first kappa shape index (κ1) is 18.5. The molecule has 0 amide bonds. The van der Waals surface area contributed by atoms with Crippen LogP contribution in [0.2, 0.25) is 0 Å². The quantitative estimate of drug-likeness (QED) is 0.360. The van der Waals surface area contributed by atoms with Crippen LogP contribution in [0.5, 0.6) is 0 Å². The second-order valence-electron chi connectivity index (χ2n) is 7.05. The fraction of sp³-hybridized carbons (Fsp3) is 0.895. The normalized spacial score (nSPS) is 21.4. The van der Waals surface area contributed by atoms with Gasteiger partial charge >= 0.3 is 0 Å². The zero-order valence-electron chi connectivity index (χ0n) is 14.4. The summed E-state index contributed by atoms with van der Waals surface area (Å²) < 4.78 is 0. The summed E-state index contributed by atoms with van der Waals surface area (Å²) in [6.45, 7) is 4.37. The van der Waals surface area contributed by atoms with Crippen molar-refractivity contribution < 1.29 is 0 Å². The summed E-state index contributed by atoms with van der Waals surface area (Å²) in [5, 5.41) is 12.8. The molecule has 0 radical (unpaired) electrons. The van der Waals surface area contributed by atoms with Gasteiger partial charge in [-0.2, -0.15) is 0 Å². The van der Waals surface area contributed by atoms with Crippen molar-refractivity contribution in [2.24, 2.45) is 0 Å². The molecule has 0 saturated heterocycles. The largest absolute Gasteiger partial charge is 0.758 e. The predicted molar refractivity (Wildman–Crippen MR) is 93.1 cm³/mol. The first-order chi connectivity index (χ1) is 10.2. The van der Waals surface area contributed by atoms with Gasteiger partial charge in [-0.15, -0.1) is 0 Å². The van der Waals surface area contributed by atoms with Crippen LogP contribution in [0.1, 0.15) is 104 Å². The number of unbranched alkanes of at least 4 members (excludes halogenated alkanes) is 11. The molecule has 1 aliphatic rings. The molecule has 0 fully saturated rings. The van der Waals surface area contributed by atoms with Crippen LogP contribution in [0, 0.1) is 5.21 Å². The Morgan fingerprint density at radius 3 is 1.76 bits per heavy atom. The van der Waals surface area contributed by atoms with Crippen LogP contribution in [0.25, 0.3) is 0 Å². The molecule has 124 valence electrons. The molecular formula is C19H36NO-. The summed E-state index contributed by atoms with van der Waals surface area (Å²) in [6.07, 6.45) is 22.2. The van der Waals surface area contributed by atoms with E-state index in [0.29, 0.717) is 0 Å². The van der Waals surface area contributed by atoms with E-state index in [0.717, 1.165) is 17.9 Å². The van der Waals surface area contributed by atoms with Gasteiger partial charge in [0.15, 0.2) is 0 Å². The fourth-order valence-electron chi connectivity index (χ4n) is 3.23. The molecule has 0 aromatic heterocycles. The lowest BCUT2D eigenvalue weighted by atomic mass is 9.92. The van der Waals surface area contributed by atoms with E-state index in [-0.39, 0.29) is 5.54 Å². The summed E-state index contributed by atoms with van der Waals surface area (Å²) in [5.41, 5.74) is -0.140. The van der Waals surface area contributed by atoms with Crippen LogP contribution >= 0.6 is 0 Å². The van der Waals surface area contributed by atoms with Gasteiger partial charge in [-0.25, -0.2) is 0 Å². The van der Waals surface area contributed by atoms with Gasteiger partial charge in [0, 0.05) is 5.54 Å². The Morgan fingerprint density at radius 1 is 0.857 bits per heavy atom. The Balaban J connectivity index is 1.81. The fourth-order valence-corrected chi connectivity index (χ4v) is 3.23. The van der Waals surface area contributed by atoms with Crippen molar-refractivity contribution in [3.8, 4) is 0 Å². The van der Waals surface area contributed by atoms with Gasteiger partial charge in [0.2, 0.25) is 0 Å². The molecule has 0 aliphatic carbocycles. The molecule has 2 nitrogen and oxygen atoms in total. The predicted octanol–water partition coefficient (Wildman–Crippen LogP) is 6.55. The number of rotatable bonds is 13. The Kier molecular flexibility index (Phi) is 9.82. The van der Waals surface area contributed by atoms with Crippen molar-refractivity contribution in [1.29, 1.82) is 0 Å². The lowest BCUT2D eigenvalue weighted by Gasteiger charge is -2.41. The van der Waals surface area contributed by atoms with E-state index in [9.17, 15) is 5.21 Å². The van der Waals surface area contributed by atoms with E-state index in [1.54, 1.807) is 6.20 Å². The first-order valence-corrected chi connectivity index (χ1v) is 9.32. The Morgan fingerprint density at radius 2 is 1.33 bits per heavy atom. The molecule has 0 bridgehead atoms. The molecule has 0 spiro atoms. The van der Waals surface area contributed by atoms with Crippen molar-refractivity contribution in [3.05, 3.63) is 17.5 Å². The lowest BCUT2D eigenvalue weighted by Crippen LogP contribution is -2.35. The van der Waals surface area contributed by atoms with Crippen LogP contribution in [-0.4, -0.2) is 10.6 Å². The van der Waals surface area contributed by atoms with Crippen LogP contribution in [-0.2, 0) is 0 Å². The maximum Gasteiger partial charge on any atom is 0.0291 e. The average molecular weight is 295 g/mol. The van der Waals surface area contributed by atoms with Crippen molar-refractivity contribution in [2.75, 3.05) is 0 Å². The third-order valence-corrected chi connectivity index (χ3v) is 4.90.